The molecule has 0 saturated carbocycles. The highest BCUT2D eigenvalue weighted by molar-refractivity contribution is 5.47. The normalized spacial score (nSPS) is 18.9. The summed E-state index contributed by atoms with van der Waals surface area (Å²) in [6, 6.07) is 10.6. The average Bonchev–Trinajstić information content (AvgIpc) is 2.47. The highest BCUT2D eigenvalue weighted by Gasteiger charge is 2.19. The van der Waals surface area contributed by atoms with Gasteiger partial charge in [-0.3, -0.25) is 0 Å². The zero-order valence-corrected chi connectivity index (χ0v) is 11.8. The number of hydrogen-bond acceptors (Lipinski definition) is 2. The van der Waals surface area contributed by atoms with Crippen molar-refractivity contribution in [3.05, 3.63) is 42.0 Å². The summed E-state index contributed by atoms with van der Waals surface area (Å²) in [7, 11) is 0. The average molecular weight is 254 g/mol. The van der Waals surface area contributed by atoms with Crippen LogP contribution >= 0.6 is 0 Å². The maximum Gasteiger partial charge on any atom is 0.0766 e. The van der Waals surface area contributed by atoms with Crippen LogP contribution in [0.2, 0.25) is 0 Å². The monoisotopic (exact) mass is 254 g/mol. The van der Waals surface area contributed by atoms with Crippen LogP contribution in [0.5, 0.6) is 0 Å². The number of rotatable bonds is 4. The van der Waals surface area contributed by atoms with Gasteiger partial charge in [0.15, 0.2) is 0 Å². The summed E-state index contributed by atoms with van der Waals surface area (Å²) in [6.07, 6.45) is 8.24. The zero-order chi connectivity index (χ0) is 13.7. The Hall–Kier alpha value is -1.75. The van der Waals surface area contributed by atoms with E-state index < -0.39 is 5.41 Å². The van der Waals surface area contributed by atoms with Gasteiger partial charge in [-0.1, -0.05) is 24.3 Å². The lowest BCUT2D eigenvalue weighted by atomic mass is 9.86. The van der Waals surface area contributed by atoms with E-state index in [1.165, 1.54) is 19.3 Å². The van der Waals surface area contributed by atoms with Gasteiger partial charge in [0, 0.05) is 12.2 Å². The number of nitriles is 1. The van der Waals surface area contributed by atoms with Crippen molar-refractivity contribution in [3.63, 3.8) is 0 Å². The molecule has 0 aromatic heterocycles. The SMILES string of the molecule is CC(C)(C#N)c1ccc(NCC2CC=CCC2)cc1. The third kappa shape index (κ3) is 3.61. The Labute approximate surface area is 116 Å². The lowest BCUT2D eigenvalue weighted by molar-refractivity contribution is 0.504. The van der Waals surface area contributed by atoms with Gasteiger partial charge in [0.1, 0.15) is 0 Å². The summed E-state index contributed by atoms with van der Waals surface area (Å²) in [4.78, 5) is 0. The maximum absolute atomic E-state index is 9.12. The molecule has 1 N–H and O–H groups in total. The summed E-state index contributed by atoms with van der Waals surface area (Å²) in [6.45, 7) is 4.93. The third-order valence-corrected chi connectivity index (χ3v) is 3.86. The molecule has 0 fully saturated rings. The Kier molecular flexibility index (Phi) is 4.27. The molecule has 1 aliphatic carbocycles. The molecule has 0 aliphatic heterocycles. The van der Waals surface area contributed by atoms with E-state index in [0.29, 0.717) is 0 Å². The quantitative estimate of drug-likeness (QED) is 0.815. The Balaban J connectivity index is 1.92. The number of benzene rings is 1. The summed E-state index contributed by atoms with van der Waals surface area (Å²) in [5, 5.41) is 12.6. The molecule has 2 nitrogen and oxygen atoms in total. The number of hydrogen-bond donors (Lipinski definition) is 1. The molecule has 1 aromatic carbocycles. The summed E-state index contributed by atoms with van der Waals surface area (Å²) < 4.78 is 0. The van der Waals surface area contributed by atoms with Gasteiger partial charge in [0.05, 0.1) is 11.5 Å². The fourth-order valence-corrected chi connectivity index (χ4v) is 2.37. The minimum Gasteiger partial charge on any atom is -0.385 e. The predicted octanol–water partition coefficient (Wildman–Crippen LogP) is 4.26. The van der Waals surface area contributed by atoms with Crippen molar-refractivity contribution in [2.75, 3.05) is 11.9 Å². The van der Waals surface area contributed by atoms with E-state index in [1.54, 1.807) is 0 Å². The number of anilines is 1. The van der Waals surface area contributed by atoms with Gasteiger partial charge in [-0.25, -0.2) is 0 Å². The van der Waals surface area contributed by atoms with Crippen molar-refractivity contribution >= 4 is 5.69 Å². The van der Waals surface area contributed by atoms with E-state index in [2.05, 4.69) is 35.7 Å². The summed E-state index contributed by atoms with van der Waals surface area (Å²) in [5.74, 6) is 0.750. The topological polar surface area (TPSA) is 35.8 Å². The molecule has 0 heterocycles. The van der Waals surface area contributed by atoms with E-state index in [-0.39, 0.29) is 0 Å². The van der Waals surface area contributed by atoms with Crippen LogP contribution in [-0.4, -0.2) is 6.54 Å². The van der Waals surface area contributed by atoms with E-state index in [1.807, 2.05) is 26.0 Å². The van der Waals surface area contributed by atoms with Crippen molar-refractivity contribution in [1.29, 1.82) is 5.26 Å². The molecule has 0 radical (unpaired) electrons. The van der Waals surface area contributed by atoms with Gasteiger partial charge in [-0.15, -0.1) is 0 Å². The second-order valence-corrected chi connectivity index (χ2v) is 5.85. The maximum atomic E-state index is 9.12. The fraction of sp³-hybridized carbons (Fsp3) is 0.471. The van der Waals surface area contributed by atoms with Gasteiger partial charge in [-0.2, -0.15) is 5.26 Å². The van der Waals surface area contributed by atoms with Crippen LogP contribution < -0.4 is 5.32 Å². The molecule has 0 spiro atoms. The first kappa shape index (κ1) is 13.7. The second kappa shape index (κ2) is 5.93. The van der Waals surface area contributed by atoms with Gasteiger partial charge in [-0.05, 0) is 56.7 Å². The molecule has 100 valence electrons. The van der Waals surface area contributed by atoms with Gasteiger partial charge < -0.3 is 5.32 Å². The molecule has 1 aromatic rings. The fourth-order valence-electron chi connectivity index (χ4n) is 2.37. The van der Waals surface area contributed by atoms with E-state index in [0.717, 1.165) is 23.7 Å². The molecule has 1 atom stereocenters. The van der Waals surface area contributed by atoms with Crippen molar-refractivity contribution in [2.45, 2.75) is 38.5 Å². The lowest BCUT2D eigenvalue weighted by Gasteiger charge is -2.20. The highest BCUT2D eigenvalue weighted by Crippen LogP contribution is 2.24. The summed E-state index contributed by atoms with van der Waals surface area (Å²) >= 11 is 0. The molecule has 1 unspecified atom stereocenters. The lowest BCUT2D eigenvalue weighted by Crippen LogP contribution is -2.16. The largest absolute Gasteiger partial charge is 0.385 e. The van der Waals surface area contributed by atoms with E-state index in [4.69, 9.17) is 5.26 Å². The van der Waals surface area contributed by atoms with Crippen LogP contribution in [0.3, 0.4) is 0 Å². The molecule has 1 aliphatic rings. The minimum atomic E-state index is -0.410. The zero-order valence-electron chi connectivity index (χ0n) is 11.8. The molecule has 0 bridgehead atoms. The Morgan fingerprint density at radius 3 is 2.58 bits per heavy atom. The minimum absolute atomic E-state index is 0.410. The summed E-state index contributed by atoms with van der Waals surface area (Å²) in [5.41, 5.74) is 1.81. The number of allylic oxidation sites excluding steroid dienone is 2. The van der Waals surface area contributed by atoms with Crippen LogP contribution in [0.4, 0.5) is 5.69 Å². The second-order valence-electron chi connectivity index (χ2n) is 5.85. The highest BCUT2D eigenvalue weighted by atomic mass is 14.9. The number of nitrogens with one attached hydrogen (secondary N) is 1. The van der Waals surface area contributed by atoms with E-state index >= 15 is 0 Å². The molecule has 2 rings (SSSR count). The van der Waals surface area contributed by atoms with Crippen LogP contribution in [0, 0.1) is 17.2 Å². The van der Waals surface area contributed by atoms with Crippen LogP contribution in [0.15, 0.2) is 36.4 Å². The van der Waals surface area contributed by atoms with Gasteiger partial charge >= 0.3 is 0 Å². The molecule has 0 amide bonds. The van der Waals surface area contributed by atoms with Crippen LogP contribution in [-0.2, 0) is 5.41 Å². The predicted molar refractivity (Wildman–Crippen MR) is 80.1 cm³/mol. The van der Waals surface area contributed by atoms with Crippen molar-refractivity contribution in [1.82, 2.24) is 0 Å². The molecule has 2 heteroatoms. The van der Waals surface area contributed by atoms with Crippen LogP contribution in [0.25, 0.3) is 0 Å². The Morgan fingerprint density at radius 2 is 2.00 bits per heavy atom. The molecule has 19 heavy (non-hydrogen) atoms. The van der Waals surface area contributed by atoms with Crippen molar-refractivity contribution in [2.24, 2.45) is 5.92 Å². The first-order chi connectivity index (χ1) is 9.12. The first-order valence-electron chi connectivity index (χ1n) is 7.02. The third-order valence-electron chi connectivity index (χ3n) is 3.86. The van der Waals surface area contributed by atoms with Gasteiger partial charge in [0.2, 0.25) is 0 Å². The number of nitrogens with zero attached hydrogens (tertiary/aromatic N) is 1. The van der Waals surface area contributed by atoms with Crippen LogP contribution in [0.1, 0.15) is 38.7 Å². The molecular weight excluding hydrogens is 232 g/mol. The Morgan fingerprint density at radius 1 is 1.26 bits per heavy atom. The molecule has 0 saturated heterocycles. The van der Waals surface area contributed by atoms with Crippen molar-refractivity contribution < 1.29 is 0 Å². The smallest absolute Gasteiger partial charge is 0.0766 e. The first-order valence-corrected chi connectivity index (χ1v) is 7.02. The van der Waals surface area contributed by atoms with E-state index in [9.17, 15) is 0 Å². The van der Waals surface area contributed by atoms with Crippen molar-refractivity contribution in [3.8, 4) is 6.07 Å². The van der Waals surface area contributed by atoms with Gasteiger partial charge in [0.25, 0.3) is 0 Å². The molecular formula is C17H22N2. The Bertz CT molecular complexity index is 477. The standard InChI is InChI=1S/C17H22N2/c1-17(2,13-18)15-8-10-16(11-9-15)19-12-14-6-4-3-5-7-14/h3-4,8-11,14,19H,5-7,12H2,1-2H3.